The average Bonchev–Trinajstić information content (AvgIpc) is 2.72. The Bertz CT molecular complexity index is 1010. The molecule has 0 unspecified atom stereocenters. The summed E-state index contributed by atoms with van der Waals surface area (Å²) in [5.74, 6) is 0.792. The molecule has 0 N–H and O–H groups in total. The molecule has 3 aromatic rings. The van der Waals surface area contributed by atoms with Crippen molar-refractivity contribution < 1.29 is 26.9 Å². The van der Waals surface area contributed by atoms with Crippen LogP contribution in [0.5, 0.6) is 5.75 Å². The summed E-state index contributed by atoms with van der Waals surface area (Å²) in [5, 5.41) is 11.4. The van der Waals surface area contributed by atoms with Crippen molar-refractivity contribution in [3.05, 3.63) is 88.0 Å². The van der Waals surface area contributed by atoms with Crippen LogP contribution in [0.3, 0.4) is 0 Å². The summed E-state index contributed by atoms with van der Waals surface area (Å²) in [6, 6.07) is 20.9. The summed E-state index contributed by atoms with van der Waals surface area (Å²) in [5.41, 5.74) is 2.76. The third kappa shape index (κ3) is 8.00. The van der Waals surface area contributed by atoms with Crippen LogP contribution in [-0.2, 0) is 0 Å². The number of nitrogens with zero attached hydrogens (tertiary/aromatic N) is 1. The molecule has 156 valence electrons. The number of methoxy groups -OCH3 is 1. The number of ether oxygens (including phenoxy) is 1. The minimum atomic E-state index is -6.00. The third-order valence-electron chi connectivity index (χ3n) is 3.62. The second-order valence-electron chi connectivity index (χ2n) is 5.82. The summed E-state index contributed by atoms with van der Waals surface area (Å²) >= 11 is 1.17. The van der Waals surface area contributed by atoms with Crippen molar-refractivity contribution in [1.29, 1.82) is 0 Å². The number of halogens is 4. The van der Waals surface area contributed by atoms with Crippen LogP contribution in [0, 0.1) is 10.1 Å². The van der Waals surface area contributed by atoms with E-state index < -0.39 is 7.25 Å². The maximum Gasteiger partial charge on any atom is 0.673 e. The van der Waals surface area contributed by atoms with Crippen molar-refractivity contribution >= 4 is 35.7 Å². The maximum absolute atomic E-state index is 11.3. The standard InChI is InChI=1S/C20H16NO3S.BF4/c1-24-18-11-9-15(10-12-18)7-8-16-13-19(17-5-3-2-4-6-17)25-20(14-16)21(22)23;2-1(3,4)5/h2-14H,1H3;/q+1;-1. The Labute approximate surface area is 174 Å². The van der Waals surface area contributed by atoms with E-state index in [1.807, 2.05) is 72.8 Å². The van der Waals surface area contributed by atoms with Gasteiger partial charge in [-0.25, -0.2) is 0 Å². The molecule has 0 radical (unpaired) electrons. The molecule has 10 heteroatoms. The Kier molecular flexibility index (Phi) is 8.05. The molecule has 0 aliphatic rings. The lowest BCUT2D eigenvalue weighted by Crippen LogP contribution is -2.02. The summed E-state index contributed by atoms with van der Waals surface area (Å²) in [6.07, 6.45) is 3.81. The molecule has 0 fully saturated rings. The zero-order valence-corrected chi connectivity index (χ0v) is 16.5. The molecule has 1 heterocycles. The van der Waals surface area contributed by atoms with E-state index in [0.717, 1.165) is 27.3 Å². The largest absolute Gasteiger partial charge is 0.673 e. The Morgan fingerprint density at radius 1 is 0.933 bits per heavy atom. The van der Waals surface area contributed by atoms with Crippen LogP contribution in [0.15, 0.2) is 66.7 Å². The fourth-order valence-corrected chi connectivity index (χ4v) is 3.29. The van der Waals surface area contributed by atoms with Gasteiger partial charge in [0, 0.05) is 11.6 Å². The smallest absolute Gasteiger partial charge is 0.497 e. The Morgan fingerprint density at radius 2 is 1.50 bits per heavy atom. The van der Waals surface area contributed by atoms with Crippen LogP contribution in [0.2, 0.25) is 0 Å². The number of hydrogen-bond acceptors (Lipinski definition) is 3. The van der Waals surface area contributed by atoms with Crippen molar-refractivity contribution in [3.8, 4) is 16.2 Å². The van der Waals surface area contributed by atoms with Crippen LogP contribution >= 0.6 is 11.3 Å². The molecule has 0 aliphatic heterocycles. The molecule has 30 heavy (non-hydrogen) atoms. The molecule has 0 bridgehead atoms. The zero-order chi connectivity index (χ0) is 22.1. The number of benzene rings is 2. The van der Waals surface area contributed by atoms with Gasteiger partial charge in [0.1, 0.15) is 10.7 Å². The van der Waals surface area contributed by atoms with Gasteiger partial charge in [0.15, 0.2) is 0 Å². The van der Waals surface area contributed by atoms with Gasteiger partial charge in [-0.3, -0.25) is 10.1 Å². The summed E-state index contributed by atoms with van der Waals surface area (Å²) < 4.78 is 44.1. The first-order valence-electron chi connectivity index (χ1n) is 8.53. The minimum absolute atomic E-state index is 0.121. The zero-order valence-electron chi connectivity index (χ0n) is 15.7. The van der Waals surface area contributed by atoms with Gasteiger partial charge in [-0.1, -0.05) is 42.5 Å². The van der Waals surface area contributed by atoms with E-state index in [1.54, 1.807) is 13.2 Å². The Morgan fingerprint density at radius 3 is 2.03 bits per heavy atom. The fourth-order valence-electron chi connectivity index (χ4n) is 2.35. The lowest BCUT2D eigenvalue weighted by Gasteiger charge is -1.99. The monoisotopic (exact) mass is 437 g/mol. The van der Waals surface area contributed by atoms with Gasteiger partial charge in [-0.15, -0.1) is 0 Å². The van der Waals surface area contributed by atoms with Gasteiger partial charge in [0.2, 0.25) is 4.88 Å². The van der Waals surface area contributed by atoms with E-state index in [4.69, 9.17) is 4.74 Å². The van der Waals surface area contributed by atoms with Gasteiger partial charge in [-0.2, -0.15) is 0 Å². The fraction of sp³-hybridized carbons (Fsp3) is 0.0500. The van der Waals surface area contributed by atoms with E-state index >= 15 is 0 Å². The van der Waals surface area contributed by atoms with Crippen molar-refractivity contribution in [2.75, 3.05) is 7.11 Å². The molecule has 0 saturated heterocycles. The average molecular weight is 437 g/mol. The lowest BCUT2D eigenvalue weighted by molar-refractivity contribution is -0.380. The summed E-state index contributed by atoms with van der Waals surface area (Å²) in [4.78, 5) is 11.8. The number of rotatable bonds is 5. The van der Waals surface area contributed by atoms with Crippen LogP contribution in [-0.4, -0.2) is 19.3 Å². The SMILES string of the molecule is COc1ccc(C=Cc2cc(-c3ccccc3)[s+]c([N+](=O)[O-])c2)cc1.F[B-](F)(F)F. The Hall–Kier alpha value is -3.27. The topological polar surface area (TPSA) is 52.4 Å². The van der Waals surface area contributed by atoms with Crippen LogP contribution in [0.1, 0.15) is 11.1 Å². The van der Waals surface area contributed by atoms with Gasteiger partial charge < -0.3 is 22.0 Å². The van der Waals surface area contributed by atoms with Crippen molar-refractivity contribution in [2.24, 2.45) is 0 Å². The molecule has 2 aromatic carbocycles. The highest BCUT2D eigenvalue weighted by Crippen LogP contribution is 2.32. The summed E-state index contributed by atoms with van der Waals surface area (Å²) in [6.45, 7) is 0. The highest BCUT2D eigenvalue weighted by molar-refractivity contribution is 7.18. The second-order valence-corrected chi connectivity index (χ2v) is 6.88. The van der Waals surface area contributed by atoms with Crippen molar-refractivity contribution in [3.63, 3.8) is 0 Å². The molecule has 0 atom stereocenters. The van der Waals surface area contributed by atoms with E-state index in [-0.39, 0.29) is 9.92 Å². The molecule has 3 rings (SSSR count). The highest BCUT2D eigenvalue weighted by atomic mass is 32.1. The third-order valence-corrected chi connectivity index (χ3v) is 4.67. The highest BCUT2D eigenvalue weighted by Gasteiger charge is 2.24. The minimum Gasteiger partial charge on any atom is -0.497 e. The predicted octanol–water partition coefficient (Wildman–Crippen LogP) is 7.08. The molecule has 0 saturated carbocycles. The van der Waals surface area contributed by atoms with E-state index in [9.17, 15) is 27.4 Å². The summed E-state index contributed by atoms with van der Waals surface area (Å²) in [7, 11) is -4.37. The quantitative estimate of drug-likeness (QED) is 0.141. The van der Waals surface area contributed by atoms with Gasteiger partial charge in [0.25, 0.3) is 0 Å². The lowest BCUT2D eigenvalue weighted by atomic mass is 10.1. The number of hydrogen-bond donors (Lipinski definition) is 0. The first-order valence-corrected chi connectivity index (χ1v) is 9.35. The first kappa shape index (κ1) is 23.0. The molecule has 0 aliphatic carbocycles. The predicted molar refractivity (Wildman–Crippen MR) is 113 cm³/mol. The van der Waals surface area contributed by atoms with Crippen LogP contribution < -0.4 is 4.74 Å². The van der Waals surface area contributed by atoms with Crippen LogP contribution in [0.4, 0.5) is 22.3 Å². The normalized spacial score (nSPS) is 11.0. The molecular weight excluding hydrogens is 421 g/mol. The van der Waals surface area contributed by atoms with Crippen molar-refractivity contribution in [1.82, 2.24) is 0 Å². The second kappa shape index (κ2) is 10.5. The van der Waals surface area contributed by atoms with E-state index in [1.165, 1.54) is 11.3 Å². The molecule has 1 aromatic heterocycles. The van der Waals surface area contributed by atoms with Gasteiger partial charge in [0.05, 0.1) is 13.2 Å². The van der Waals surface area contributed by atoms with E-state index in [0.29, 0.717) is 0 Å². The van der Waals surface area contributed by atoms with Crippen LogP contribution in [0.25, 0.3) is 22.6 Å². The first-order chi connectivity index (χ1) is 14.2. The van der Waals surface area contributed by atoms with E-state index in [2.05, 4.69) is 0 Å². The van der Waals surface area contributed by atoms with Gasteiger partial charge in [-0.05, 0) is 35.4 Å². The number of nitro groups is 1. The van der Waals surface area contributed by atoms with Gasteiger partial charge >= 0.3 is 23.6 Å². The maximum atomic E-state index is 11.3. The molecule has 0 amide bonds. The Balaban J connectivity index is 0.000000575. The van der Waals surface area contributed by atoms with Crippen molar-refractivity contribution in [2.45, 2.75) is 0 Å². The molecular formula is C20H16BF4NO3S. The molecule has 0 spiro atoms. The molecule has 4 nitrogen and oxygen atoms in total.